The molecule has 1 aliphatic heterocycles. The second-order valence-corrected chi connectivity index (χ2v) is 10.6. The highest BCUT2D eigenvalue weighted by Gasteiger charge is 2.26. The molecule has 2 rings (SSSR count). The second kappa shape index (κ2) is 9.45. The first-order valence-corrected chi connectivity index (χ1v) is 11.2. The van der Waals surface area contributed by atoms with Crippen molar-refractivity contribution in [1.82, 2.24) is 15.1 Å². The zero-order chi connectivity index (χ0) is 18.4. The lowest BCUT2D eigenvalue weighted by Gasteiger charge is -2.30. The number of rotatable bonds is 7. The van der Waals surface area contributed by atoms with Crippen molar-refractivity contribution in [3.8, 4) is 0 Å². The summed E-state index contributed by atoms with van der Waals surface area (Å²) in [5.74, 6) is 1.23. The van der Waals surface area contributed by atoms with Gasteiger partial charge in [0.2, 0.25) is 0 Å². The van der Waals surface area contributed by atoms with Gasteiger partial charge in [0.1, 0.15) is 26.2 Å². The largest absolute Gasteiger partial charge is 0.347 e. The van der Waals surface area contributed by atoms with Crippen LogP contribution in [-0.4, -0.2) is 59.7 Å². The van der Waals surface area contributed by atoms with Crippen LogP contribution in [0, 0.1) is 3.95 Å². The van der Waals surface area contributed by atoms with Crippen molar-refractivity contribution >= 4 is 41.2 Å². The summed E-state index contributed by atoms with van der Waals surface area (Å²) in [7, 11) is 0. The van der Waals surface area contributed by atoms with Crippen LogP contribution in [0.15, 0.2) is 4.34 Å². The Morgan fingerprint density at radius 1 is 1.32 bits per heavy atom. The first kappa shape index (κ1) is 20.8. The quantitative estimate of drug-likeness (QED) is 0.436. The topological polar surface area (TPSA) is 55.8 Å². The minimum Gasteiger partial charge on any atom is -0.347 e. The normalized spacial score (nSPS) is 21.3. The molecule has 1 aliphatic rings. The maximum Gasteiger partial charge on any atom is 0.275 e. The number of piperazine rings is 1. The van der Waals surface area contributed by atoms with Gasteiger partial charge in [-0.05, 0) is 39.4 Å². The molecule has 6 nitrogen and oxygen atoms in total. The smallest absolute Gasteiger partial charge is 0.275 e. The fraction of sp³-hybridized carbons (Fsp3) is 0.812. The van der Waals surface area contributed by atoms with Crippen LogP contribution in [0.5, 0.6) is 0 Å². The Morgan fingerprint density at radius 2 is 1.96 bits per heavy atom. The van der Waals surface area contributed by atoms with Gasteiger partial charge < -0.3 is 15.1 Å². The van der Waals surface area contributed by atoms with Crippen LogP contribution in [0.25, 0.3) is 0 Å². The number of quaternary nitrogens is 2. The number of nitrogens with one attached hydrogen (secondary N) is 3. The summed E-state index contributed by atoms with van der Waals surface area (Å²) in [6, 6.07) is 0. The average molecular weight is 406 g/mol. The fourth-order valence-electron chi connectivity index (χ4n) is 2.83. The lowest BCUT2D eigenvalue weighted by Crippen LogP contribution is -3.28. The molecule has 25 heavy (non-hydrogen) atoms. The Morgan fingerprint density at radius 3 is 2.56 bits per heavy atom. The third kappa shape index (κ3) is 7.34. The summed E-state index contributed by atoms with van der Waals surface area (Å²) >= 11 is 8.86. The monoisotopic (exact) mass is 405 g/mol. The molecule has 1 fully saturated rings. The van der Waals surface area contributed by atoms with Gasteiger partial charge in [-0.3, -0.25) is 4.79 Å². The molecule has 142 valence electrons. The number of hydrogen-bond acceptors (Lipinski definition) is 5. The van der Waals surface area contributed by atoms with Gasteiger partial charge in [-0.1, -0.05) is 30.0 Å². The SMILES string of the molecule is CCCSc1nn(C[NH+]2CC[NH+](CC(=O)NC(C)(C)C)CC2)c(=S)s1. The highest BCUT2D eigenvalue weighted by molar-refractivity contribution is 8.01. The van der Waals surface area contributed by atoms with Gasteiger partial charge >= 0.3 is 0 Å². The molecule has 1 aromatic rings. The standard InChI is InChI=1S/C16H29N5OS3/c1-5-10-24-14-18-21(15(23)25-14)12-20-8-6-19(7-9-20)11-13(22)17-16(2,3)4/h5-12H2,1-4H3,(H,17,22)/p+2. The van der Waals surface area contributed by atoms with Crippen LogP contribution in [0.4, 0.5) is 0 Å². The summed E-state index contributed by atoms with van der Waals surface area (Å²) < 4.78 is 3.92. The minimum atomic E-state index is -0.155. The number of amides is 1. The molecular formula is C16H31N5OS3+2. The maximum absolute atomic E-state index is 12.1. The van der Waals surface area contributed by atoms with Crippen LogP contribution in [0.2, 0.25) is 0 Å². The van der Waals surface area contributed by atoms with E-state index < -0.39 is 0 Å². The van der Waals surface area contributed by atoms with Gasteiger partial charge in [0.25, 0.3) is 5.91 Å². The average Bonchev–Trinajstić information content (AvgIpc) is 2.85. The predicted molar refractivity (Wildman–Crippen MR) is 106 cm³/mol. The molecule has 0 aromatic carbocycles. The van der Waals surface area contributed by atoms with Crippen molar-refractivity contribution in [1.29, 1.82) is 0 Å². The molecule has 0 atom stereocenters. The lowest BCUT2D eigenvalue weighted by molar-refractivity contribution is -1.02. The van der Waals surface area contributed by atoms with E-state index in [0.717, 1.165) is 53.3 Å². The number of carbonyl (C=O) groups is 1. The molecule has 9 heteroatoms. The molecule has 0 aliphatic carbocycles. The van der Waals surface area contributed by atoms with Crippen molar-refractivity contribution in [3.63, 3.8) is 0 Å². The molecule has 0 saturated carbocycles. The van der Waals surface area contributed by atoms with Gasteiger partial charge in [0.05, 0.1) is 0 Å². The number of carbonyl (C=O) groups excluding carboxylic acids is 1. The van der Waals surface area contributed by atoms with Crippen molar-refractivity contribution in [2.45, 2.75) is 50.7 Å². The Kier molecular flexibility index (Phi) is 7.88. The zero-order valence-corrected chi connectivity index (χ0v) is 18.1. The number of thioether (sulfide) groups is 1. The number of aromatic nitrogens is 2. The first-order chi connectivity index (χ1) is 11.8. The van der Waals surface area contributed by atoms with Gasteiger partial charge in [0.15, 0.2) is 21.5 Å². The predicted octanol–water partition coefficient (Wildman–Crippen LogP) is -0.168. The van der Waals surface area contributed by atoms with E-state index in [1.54, 1.807) is 23.1 Å². The van der Waals surface area contributed by atoms with E-state index in [1.165, 1.54) is 9.80 Å². The summed E-state index contributed by atoms with van der Waals surface area (Å²) in [6.07, 6.45) is 1.15. The Bertz CT molecular complexity index is 614. The molecule has 1 saturated heterocycles. The van der Waals surface area contributed by atoms with E-state index >= 15 is 0 Å². The van der Waals surface area contributed by atoms with Gasteiger partial charge in [-0.2, -0.15) is 4.68 Å². The van der Waals surface area contributed by atoms with E-state index in [9.17, 15) is 4.79 Å². The Hall–Kier alpha value is -0.480. The van der Waals surface area contributed by atoms with Gasteiger partial charge in [0, 0.05) is 11.3 Å². The molecule has 0 unspecified atom stereocenters. The van der Waals surface area contributed by atoms with E-state index in [0.29, 0.717) is 6.54 Å². The van der Waals surface area contributed by atoms with E-state index in [2.05, 4.69) is 17.3 Å². The number of nitrogens with zero attached hydrogens (tertiary/aromatic N) is 2. The Labute approximate surface area is 164 Å². The highest BCUT2D eigenvalue weighted by atomic mass is 32.2. The fourth-order valence-corrected chi connectivity index (χ4v) is 5.09. The van der Waals surface area contributed by atoms with Crippen molar-refractivity contribution in [2.75, 3.05) is 38.5 Å². The van der Waals surface area contributed by atoms with Crippen molar-refractivity contribution in [2.24, 2.45) is 0 Å². The first-order valence-electron chi connectivity index (χ1n) is 8.95. The van der Waals surface area contributed by atoms with E-state index in [1.807, 2.05) is 25.5 Å². The van der Waals surface area contributed by atoms with Crippen LogP contribution in [0.3, 0.4) is 0 Å². The third-order valence-corrected chi connectivity index (χ3v) is 6.63. The van der Waals surface area contributed by atoms with E-state index in [4.69, 9.17) is 12.2 Å². The maximum atomic E-state index is 12.1. The van der Waals surface area contributed by atoms with Crippen molar-refractivity contribution in [3.05, 3.63) is 3.95 Å². The van der Waals surface area contributed by atoms with Gasteiger partial charge in [-0.25, -0.2) is 0 Å². The van der Waals surface area contributed by atoms with Crippen LogP contribution in [-0.2, 0) is 11.5 Å². The summed E-state index contributed by atoms with van der Waals surface area (Å²) in [6.45, 7) is 13.8. The Balaban J connectivity index is 1.78. The molecule has 1 amide bonds. The summed E-state index contributed by atoms with van der Waals surface area (Å²) in [5, 5.41) is 7.70. The van der Waals surface area contributed by atoms with Crippen molar-refractivity contribution < 1.29 is 14.6 Å². The molecule has 3 N–H and O–H groups in total. The molecular weight excluding hydrogens is 374 g/mol. The van der Waals surface area contributed by atoms with Crippen LogP contribution >= 0.6 is 35.3 Å². The minimum absolute atomic E-state index is 0.144. The molecule has 0 radical (unpaired) electrons. The van der Waals surface area contributed by atoms with Crippen LogP contribution < -0.4 is 15.1 Å². The van der Waals surface area contributed by atoms with E-state index in [-0.39, 0.29) is 11.4 Å². The molecule has 0 bridgehead atoms. The van der Waals surface area contributed by atoms with Crippen LogP contribution in [0.1, 0.15) is 34.1 Å². The number of hydrogen-bond donors (Lipinski definition) is 3. The highest BCUT2D eigenvalue weighted by Crippen LogP contribution is 2.21. The zero-order valence-electron chi connectivity index (χ0n) is 15.7. The van der Waals surface area contributed by atoms with Gasteiger partial charge in [-0.15, -0.1) is 5.10 Å². The third-order valence-electron chi connectivity index (χ3n) is 3.98. The lowest BCUT2D eigenvalue weighted by atomic mass is 10.1. The molecule has 1 aromatic heterocycles. The summed E-state index contributed by atoms with van der Waals surface area (Å²) in [5.41, 5.74) is -0.155. The molecule has 2 heterocycles. The second-order valence-electron chi connectivity index (χ2n) is 7.61. The summed E-state index contributed by atoms with van der Waals surface area (Å²) in [4.78, 5) is 14.9. The molecule has 0 spiro atoms.